The second-order valence-electron chi connectivity index (χ2n) is 7.85. The predicted octanol–water partition coefficient (Wildman–Crippen LogP) is 8.67. The Labute approximate surface area is 200 Å². The number of aryl methyl sites for hydroxylation is 1. The van der Waals surface area contributed by atoms with E-state index in [1.54, 1.807) is 0 Å². The lowest BCUT2D eigenvalue weighted by Gasteiger charge is -2.20. The molecule has 36 heavy (non-hydrogen) atoms. The van der Waals surface area contributed by atoms with Crippen LogP contribution in [0.1, 0.15) is 37.3 Å². The minimum absolute atomic E-state index is 0.0239. The van der Waals surface area contributed by atoms with Crippen LogP contribution in [0.5, 0.6) is 11.5 Å². The molecule has 3 rings (SSSR count). The van der Waals surface area contributed by atoms with E-state index < -0.39 is 52.8 Å². The Morgan fingerprint density at radius 1 is 0.667 bits per heavy atom. The topological polar surface area (TPSA) is 18.5 Å². The van der Waals surface area contributed by atoms with Gasteiger partial charge in [0.2, 0.25) is 5.75 Å². The molecule has 3 aromatic rings. The molecule has 0 saturated carbocycles. The van der Waals surface area contributed by atoms with Gasteiger partial charge in [0, 0.05) is 0 Å². The molecule has 0 aliphatic carbocycles. The molecule has 0 heterocycles. The molecule has 11 heteroatoms. The molecule has 0 saturated heterocycles. The van der Waals surface area contributed by atoms with Crippen LogP contribution in [0.3, 0.4) is 0 Å². The average Bonchev–Trinajstić information content (AvgIpc) is 2.75. The molecule has 0 bridgehead atoms. The standard InChI is InChI=1S/C25H19F9O2/c1-2-3-4-5-14-10-18(26)22(19(27)11-14)24(30,31)35-17-8-6-15(7-9-17)16-12-20(28)23(21(29)13-16)36-25(32,33)34/h6-13H,2-5H2,1H3. The second-order valence-corrected chi connectivity index (χ2v) is 7.85. The lowest BCUT2D eigenvalue weighted by molar-refractivity contribution is -0.276. The quantitative estimate of drug-likeness (QED) is 0.207. The fraction of sp³-hybridized carbons (Fsp3) is 0.280. The van der Waals surface area contributed by atoms with Gasteiger partial charge in [0.15, 0.2) is 11.6 Å². The van der Waals surface area contributed by atoms with Crippen molar-refractivity contribution in [3.8, 4) is 22.6 Å². The first-order valence-electron chi connectivity index (χ1n) is 10.7. The van der Waals surface area contributed by atoms with Gasteiger partial charge in [0.1, 0.15) is 22.9 Å². The van der Waals surface area contributed by atoms with Crippen molar-refractivity contribution in [2.75, 3.05) is 0 Å². The van der Waals surface area contributed by atoms with Gasteiger partial charge in [-0.15, -0.1) is 13.2 Å². The SMILES string of the molecule is CCCCCc1cc(F)c(C(F)(F)Oc2ccc(-c3cc(F)c(OC(F)(F)F)c(F)c3)cc2)c(F)c1. The van der Waals surface area contributed by atoms with Gasteiger partial charge in [0.05, 0.1) is 0 Å². The van der Waals surface area contributed by atoms with Crippen molar-refractivity contribution in [3.05, 3.63) is 82.9 Å². The van der Waals surface area contributed by atoms with Gasteiger partial charge < -0.3 is 9.47 Å². The monoisotopic (exact) mass is 522 g/mol. The van der Waals surface area contributed by atoms with Crippen molar-refractivity contribution < 1.29 is 49.0 Å². The first-order chi connectivity index (χ1) is 16.8. The van der Waals surface area contributed by atoms with E-state index in [1.807, 2.05) is 6.92 Å². The van der Waals surface area contributed by atoms with E-state index >= 15 is 0 Å². The minimum Gasteiger partial charge on any atom is -0.429 e. The van der Waals surface area contributed by atoms with E-state index in [4.69, 9.17) is 0 Å². The van der Waals surface area contributed by atoms with E-state index in [-0.39, 0.29) is 16.7 Å². The van der Waals surface area contributed by atoms with E-state index in [0.29, 0.717) is 25.0 Å². The second kappa shape index (κ2) is 10.7. The van der Waals surface area contributed by atoms with Crippen molar-refractivity contribution in [2.45, 2.75) is 45.1 Å². The largest absolute Gasteiger partial charge is 0.573 e. The maximum Gasteiger partial charge on any atom is 0.573 e. The van der Waals surface area contributed by atoms with Gasteiger partial charge >= 0.3 is 12.5 Å². The van der Waals surface area contributed by atoms with Crippen molar-refractivity contribution in [1.82, 2.24) is 0 Å². The summed E-state index contributed by atoms with van der Waals surface area (Å²) in [6, 6.07) is 6.79. The predicted molar refractivity (Wildman–Crippen MR) is 113 cm³/mol. The summed E-state index contributed by atoms with van der Waals surface area (Å²) in [5, 5.41) is 0. The molecular weight excluding hydrogens is 503 g/mol. The Morgan fingerprint density at radius 2 is 1.22 bits per heavy atom. The van der Waals surface area contributed by atoms with Crippen LogP contribution in [-0.2, 0) is 12.5 Å². The van der Waals surface area contributed by atoms with Crippen molar-refractivity contribution in [2.24, 2.45) is 0 Å². The highest BCUT2D eigenvalue weighted by molar-refractivity contribution is 5.65. The van der Waals surface area contributed by atoms with Gasteiger partial charge in [-0.05, 0) is 65.9 Å². The Morgan fingerprint density at radius 3 is 1.72 bits per heavy atom. The number of alkyl halides is 5. The maximum absolute atomic E-state index is 14.6. The van der Waals surface area contributed by atoms with Crippen LogP contribution in [-0.4, -0.2) is 6.36 Å². The number of unbranched alkanes of at least 4 members (excludes halogenated alkanes) is 2. The van der Waals surface area contributed by atoms with Gasteiger partial charge in [-0.2, -0.15) is 8.78 Å². The van der Waals surface area contributed by atoms with Gasteiger partial charge in [-0.1, -0.05) is 31.9 Å². The normalized spacial score (nSPS) is 12.1. The Bertz CT molecular complexity index is 1160. The molecule has 0 aliphatic rings. The van der Waals surface area contributed by atoms with Crippen LogP contribution < -0.4 is 9.47 Å². The summed E-state index contributed by atoms with van der Waals surface area (Å²) in [5.41, 5.74) is -1.55. The summed E-state index contributed by atoms with van der Waals surface area (Å²) < 4.78 is 130. The molecule has 0 radical (unpaired) electrons. The number of ether oxygens (including phenoxy) is 2. The van der Waals surface area contributed by atoms with Crippen LogP contribution in [0.25, 0.3) is 11.1 Å². The molecule has 194 valence electrons. The van der Waals surface area contributed by atoms with Crippen molar-refractivity contribution in [1.29, 1.82) is 0 Å². The molecule has 0 N–H and O–H groups in total. The van der Waals surface area contributed by atoms with Crippen LogP contribution in [0, 0.1) is 23.3 Å². The lowest BCUT2D eigenvalue weighted by Crippen LogP contribution is -2.25. The molecule has 0 aromatic heterocycles. The lowest BCUT2D eigenvalue weighted by atomic mass is 10.0. The minimum atomic E-state index is -5.32. The molecule has 0 fully saturated rings. The number of halogens is 9. The van der Waals surface area contributed by atoms with Crippen LogP contribution >= 0.6 is 0 Å². The third kappa shape index (κ3) is 6.64. The first-order valence-corrected chi connectivity index (χ1v) is 10.7. The molecule has 2 nitrogen and oxygen atoms in total. The van der Waals surface area contributed by atoms with Gasteiger partial charge in [0.25, 0.3) is 0 Å². The molecule has 0 spiro atoms. The zero-order valence-electron chi connectivity index (χ0n) is 18.7. The van der Waals surface area contributed by atoms with Gasteiger partial charge in [-0.3, -0.25) is 0 Å². The summed E-state index contributed by atoms with van der Waals surface area (Å²) in [6.45, 7) is 1.94. The molecule has 0 amide bonds. The molecule has 0 atom stereocenters. The molecule has 0 unspecified atom stereocenters. The summed E-state index contributed by atoms with van der Waals surface area (Å²) in [4.78, 5) is 0. The Balaban J connectivity index is 1.80. The van der Waals surface area contributed by atoms with E-state index in [2.05, 4.69) is 9.47 Å². The van der Waals surface area contributed by atoms with E-state index in [0.717, 1.165) is 49.2 Å². The Hall–Kier alpha value is -3.37. The zero-order valence-corrected chi connectivity index (χ0v) is 18.7. The summed E-state index contributed by atoms with van der Waals surface area (Å²) in [5.74, 6) is -8.42. The van der Waals surface area contributed by atoms with Gasteiger partial charge in [-0.25, -0.2) is 17.6 Å². The van der Waals surface area contributed by atoms with Crippen molar-refractivity contribution in [3.63, 3.8) is 0 Å². The average molecular weight is 522 g/mol. The summed E-state index contributed by atoms with van der Waals surface area (Å²) in [6.07, 6.45) is -7.07. The molecule has 0 aliphatic heterocycles. The third-order valence-corrected chi connectivity index (χ3v) is 5.11. The van der Waals surface area contributed by atoms with E-state index in [9.17, 15) is 39.5 Å². The van der Waals surface area contributed by atoms with Crippen LogP contribution in [0.4, 0.5) is 39.5 Å². The fourth-order valence-corrected chi connectivity index (χ4v) is 3.48. The summed E-state index contributed by atoms with van der Waals surface area (Å²) in [7, 11) is 0. The number of hydrogen-bond donors (Lipinski definition) is 0. The highest BCUT2D eigenvalue weighted by Crippen LogP contribution is 2.37. The van der Waals surface area contributed by atoms with Crippen LogP contribution in [0.2, 0.25) is 0 Å². The fourth-order valence-electron chi connectivity index (χ4n) is 3.48. The highest BCUT2D eigenvalue weighted by atomic mass is 19.4. The zero-order chi connectivity index (χ0) is 26.7. The third-order valence-electron chi connectivity index (χ3n) is 5.11. The summed E-state index contributed by atoms with van der Waals surface area (Å²) >= 11 is 0. The first kappa shape index (κ1) is 27.2. The number of rotatable bonds is 9. The molecule has 3 aromatic carbocycles. The smallest absolute Gasteiger partial charge is 0.429 e. The van der Waals surface area contributed by atoms with E-state index in [1.165, 1.54) is 0 Å². The Kier molecular flexibility index (Phi) is 8.10. The molecular formula is C25H19F9O2. The number of benzene rings is 3. The van der Waals surface area contributed by atoms with Crippen LogP contribution in [0.15, 0.2) is 48.5 Å². The highest BCUT2D eigenvalue weighted by Gasteiger charge is 2.41. The maximum atomic E-state index is 14.6. The number of hydrogen-bond acceptors (Lipinski definition) is 2. The van der Waals surface area contributed by atoms with Crippen molar-refractivity contribution >= 4 is 0 Å².